The van der Waals surface area contributed by atoms with Gasteiger partial charge in [-0.15, -0.1) is 0 Å². The molecule has 0 aromatic rings. The molecule has 2 rings (SSSR count). The SMILES string of the molecule is [N-]=[N+]=N[C@@H]1[C@@H]2OC[C@@H](O2)[C@@H](N=[N+]=[N-])[C@@H]1O. The number of hydrogen-bond acceptors (Lipinski definition) is 5. The molecule has 15 heavy (non-hydrogen) atoms. The van der Waals surface area contributed by atoms with Crippen molar-refractivity contribution < 1.29 is 14.6 Å². The van der Waals surface area contributed by atoms with Crippen LogP contribution in [-0.4, -0.2) is 42.3 Å². The van der Waals surface area contributed by atoms with Crippen LogP contribution in [0.2, 0.25) is 0 Å². The molecule has 2 heterocycles. The van der Waals surface area contributed by atoms with Gasteiger partial charge in [0.05, 0.1) is 24.9 Å². The first-order valence-electron chi connectivity index (χ1n) is 4.31. The molecule has 2 saturated heterocycles. The maximum atomic E-state index is 9.78. The maximum absolute atomic E-state index is 9.78. The first-order chi connectivity index (χ1) is 7.27. The third-order valence-electron chi connectivity index (χ3n) is 2.46. The zero-order chi connectivity index (χ0) is 10.8. The Kier molecular flexibility index (Phi) is 2.63. The van der Waals surface area contributed by atoms with Crippen molar-refractivity contribution in [1.29, 1.82) is 0 Å². The van der Waals surface area contributed by atoms with E-state index in [1.807, 2.05) is 0 Å². The molecule has 2 bridgehead atoms. The Labute approximate surface area is 83.8 Å². The summed E-state index contributed by atoms with van der Waals surface area (Å²) in [6, 6.07) is -1.64. The van der Waals surface area contributed by atoms with Crippen LogP contribution in [0, 0.1) is 0 Å². The number of hydrogen-bond donors (Lipinski definition) is 1. The molecule has 0 radical (unpaired) electrons. The van der Waals surface area contributed by atoms with Crippen LogP contribution < -0.4 is 0 Å². The van der Waals surface area contributed by atoms with Crippen molar-refractivity contribution in [2.75, 3.05) is 6.61 Å². The third-order valence-corrected chi connectivity index (χ3v) is 2.46. The lowest BCUT2D eigenvalue weighted by Gasteiger charge is -2.33. The molecule has 0 unspecified atom stereocenters. The summed E-state index contributed by atoms with van der Waals surface area (Å²) >= 11 is 0. The van der Waals surface area contributed by atoms with Gasteiger partial charge in [-0.05, 0) is 11.1 Å². The average Bonchev–Trinajstić information content (AvgIpc) is 2.65. The van der Waals surface area contributed by atoms with Crippen LogP contribution in [-0.2, 0) is 9.47 Å². The first kappa shape index (κ1) is 10.0. The molecule has 80 valence electrons. The second-order valence-corrected chi connectivity index (χ2v) is 3.26. The molecule has 0 aromatic heterocycles. The van der Waals surface area contributed by atoms with E-state index in [9.17, 15) is 5.11 Å². The van der Waals surface area contributed by atoms with E-state index >= 15 is 0 Å². The molecule has 2 fully saturated rings. The minimum absolute atomic E-state index is 0.225. The topological polar surface area (TPSA) is 136 Å². The fourth-order valence-electron chi connectivity index (χ4n) is 1.77. The zero-order valence-corrected chi connectivity index (χ0v) is 7.54. The van der Waals surface area contributed by atoms with E-state index < -0.39 is 30.6 Å². The Balaban J connectivity index is 2.27. The first-order valence-corrected chi connectivity index (χ1v) is 4.31. The molecule has 0 spiro atoms. The van der Waals surface area contributed by atoms with Crippen molar-refractivity contribution in [3.8, 4) is 0 Å². The minimum Gasteiger partial charge on any atom is -0.392 e. The standard InChI is InChI=1S/C6H8N6O3/c7-11-9-3-2-1-14-6(15-2)4(5(3)13)10-12-8/h2-6,13H,1H2/t2-,3-,4+,5+,6-/m1/s1. The summed E-state index contributed by atoms with van der Waals surface area (Å²) in [5.41, 5.74) is 16.6. The minimum atomic E-state index is -1.07. The normalized spacial score (nSPS) is 42.9. The number of fused-ring (bicyclic) bond motifs is 2. The van der Waals surface area contributed by atoms with E-state index in [0.29, 0.717) is 0 Å². The lowest BCUT2D eigenvalue weighted by atomic mass is 9.98. The Morgan fingerprint density at radius 3 is 2.53 bits per heavy atom. The summed E-state index contributed by atoms with van der Waals surface area (Å²) < 4.78 is 10.4. The molecule has 1 N–H and O–H groups in total. The van der Waals surface area contributed by atoms with Crippen molar-refractivity contribution in [3.05, 3.63) is 20.9 Å². The molecular weight excluding hydrogens is 204 g/mol. The fraction of sp³-hybridized carbons (Fsp3) is 1.00. The number of nitrogens with zero attached hydrogens (tertiary/aromatic N) is 6. The van der Waals surface area contributed by atoms with E-state index in [1.54, 1.807) is 0 Å². The maximum Gasteiger partial charge on any atom is 0.169 e. The second kappa shape index (κ2) is 3.93. The Morgan fingerprint density at radius 1 is 1.20 bits per heavy atom. The highest BCUT2D eigenvalue weighted by Gasteiger charge is 2.49. The van der Waals surface area contributed by atoms with Gasteiger partial charge in [0.2, 0.25) is 0 Å². The summed E-state index contributed by atoms with van der Waals surface area (Å²) in [4.78, 5) is 5.21. The molecule has 2 aliphatic heterocycles. The van der Waals surface area contributed by atoms with Gasteiger partial charge in [0.25, 0.3) is 0 Å². The lowest BCUT2D eigenvalue weighted by molar-refractivity contribution is -0.138. The highest BCUT2D eigenvalue weighted by Crippen LogP contribution is 2.31. The van der Waals surface area contributed by atoms with Gasteiger partial charge in [-0.2, -0.15) is 0 Å². The second-order valence-electron chi connectivity index (χ2n) is 3.26. The zero-order valence-electron chi connectivity index (χ0n) is 7.54. The largest absolute Gasteiger partial charge is 0.392 e. The van der Waals surface area contributed by atoms with Crippen LogP contribution in [0.5, 0.6) is 0 Å². The van der Waals surface area contributed by atoms with E-state index in [0.717, 1.165) is 0 Å². The molecular formula is C6H8N6O3. The number of aliphatic hydroxyl groups excluding tert-OH is 1. The van der Waals surface area contributed by atoms with E-state index in [2.05, 4.69) is 20.1 Å². The quantitative estimate of drug-likeness (QED) is 0.404. The van der Waals surface area contributed by atoms with Crippen molar-refractivity contribution in [2.24, 2.45) is 10.2 Å². The van der Waals surface area contributed by atoms with Gasteiger partial charge in [0.1, 0.15) is 6.04 Å². The number of ether oxygens (including phenoxy) is 2. The third kappa shape index (κ3) is 1.58. The molecule has 0 saturated carbocycles. The molecule has 0 amide bonds. The highest BCUT2D eigenvalue weighted by atomic mass is 16.7. The molecule has 9 nitrogen and oxygen atoms in total. The van der Waals surface area contributed by atoms with E-state index in [4.69, 9.17) is 20.5 Å². The predicted octanol–water partition coefficient (Wildman–Crippen LogP) is 0.460. The van der Waals surface area contributed by atoms with Crippen LogP contribution in [0.3, 0.4) is 0 Å². The van der Waals surface area contributed by atoms with E-state index in [-0.39, 0.29) is 6.61 Å². The van der Waals surface area contributed by atoms with Gasteiger partial charge >= 0.3 is 0 Å². The Bertz CT molecular complexity index is 317. The van der Waals surface area contributed by atoms with Crippen LogP contribution >= 0.6 is 0 Å². The van der Waals surface area contributed by atoms with Crippen LogP contribution in [0.4, 0.5) is 0 Å². The van der Waals surface area contributed by atoms with Crippen LogP contribution in [0.25, 0.3) is 20.9 Å². The molecule has 0 aromatic carbocycles. The summed E-state index contributed by atoms with van der Waals surface area (Å²) in [5.74, 6) is 0. The lowest BCUT2D eigenvalue weighted by Crippen LogP contribution is -2.51. The van der Waals surface area contributed by atoms with Gasteiger partial charge in [-0.3, -0.25) is 0 Å². The van der Waals surface area contributed by atoms with Gasteiger partial charge in [-0.1, -0.05) is 10.2 Å². The van der Waals surface area contributed by atoms with Crippen LogP contribution in [0.1, 0.15) is 0 Å². The molecule has 0 aliphatic carbocycles. The average molecular weight is 212 g/mol. The van der Waals surface area contributed by atoms with Crippen molar-refractivity contribution in [3.63, 3.8) is 0 Å². The summed E-state index contributed by atoms with van der Waals surface area (Å²) in [7, 11) is 0. The van der Waals surface area contributed by atoms with Crippen molar-refractivity contribution in [1.82, 2.24) is 0 Å². The molecule has 5 atom stereocenters. The molecule has 2 aliphatic rings. The Morgan fingerprint density at radius 2 is 1.87 bits per heavy atom. The van der Waals surface area contributed by atoms with Crippen LogP contribution in [0.15, 0.2) is 10.2 Å². The smallest absolute Gasteiger partial charge is 0.169 e. The van der Waals surface area contributed by atoms with Gasteiger partial charge < -0.3 is 14.6 Å². The van der Waals surface area contributed by atoms with Gasteiger partial charge in [-0.25, -0.2) is 0 Å². The summed E-state index contributed by atoms with van der Waals surface area (Å²) in [6.07, 6.45) is -2.28. The number of aliphatic hydroxyl groups is 1. The van der Waals surface area contributed by atoms with Gasteiger partial charge in [0.15, 0.2) is 6.29 Å². The summed E-state index contributed by atoms with van der Waals surface area (Å²) in [6.45, 7) is 0.225. The van der Waals surface area contributed by atoms with Gasteiger partial charge in [0, 0.05) is 9.82 Å². The number of azide groups is 2. The van der Waals surface area contributed by atoms with Crippen molar-refractivity contribution >= 4 is 0 Å². The molecule has 9 heteroatoms. The number of rotatable bonds is 2. The highest BCUT2D eigenvalue weighted by molar-refractivity contribution is 5.00. The predicted molar refractivity (Wildman–Crippen MR) is 46.5 cm³/mol. The van der Waals surface area contributed by atoms with E-state index in [1.165, 1.54) is 0 Å². The monoisotopic (exact) mass is 212 g/mol. The Hall–Kier alpha value is -1.50. The van der Waals surface area contributed by atoms with Crippen molar-refractivity contribution in [2.45, 2.75) is 30.6 Å². The fourth-order valence-corrected chi connectivity index (χ4v) is 1.77. The summed E-state index contributed by atoms with van der Waals surface area (Å²) in [5, 5.41) is 16.6.